The standard InChI is InChI=1S/C16H15NO4/c1-2-20-16(19)12-5-3-11(4-6-12)14-9-7-13(21-14)8-10-15(17)18/h3-10H,2H2,1H3,(H2,17,18)/b10-8+. The molecule has 0 aliphatic heterocycles. The minimum absolute atomic E-state index is 0.342. The number of nitrogens with two attached hydrogens (primary N) is 1. The lowest BCUT2D eigenvalue weighted by atomic mass is 10.1. The van der Waals surface area contributed by atoms with E-state index in [1.807, 2.05) is 0 Å². The van der Waals surface area contributed by atoms with E-state index < -0.39 is 5.91 Å². The van der Waals surface area contributed by atoms with Crippen LogP contribution in [-0.4, -0.2) is 18.5 Å². The number of rotatable bonds is 5. The van der Waals surface area contributed by atoms with Crippen LogP contribution in [-0.2, 0) is 9.53 Å². The van der Waals surface area contributed by atoms with Gasteiger partial charge in [-0.15, -0.1) is 0 Å². The van der Waals surface area contributed by atoms with Crippen LogP contribution in [0.5, 0.6) is 0 Å². The van der Waals surface area contributed by atoms with Gasteiger partial charge in [0.25, 0.3) is 0 Å². The summed E-state index contributed by atoms with van der Waals surface area (Å²) in [5, 5.41) is 0. The van der Waals surface area contributed by atoms with E-state index in [9.17, 15) is 9.59 Å². The molecule has 0 fully saturated rings. The SMILES string of the molecule is CCOC(=O)c1ccc(-c2ccc(/C=C/C(N)=O)o2)cc1. The lowest BCUT2D eigenvalue weighted by Crippen LogP contribution is -2.04. The molecule has 1 aromatic heterocycles. The molecule has 1 heterocycles. The number of carbonyl (C=O) groups is 2. The third-order valence-electron chi connectivity index (χ3n) is 2.72. The summed E-state index contributed by atoms with van der Waals surface area (Å²) >= 11 is 0. The van der Waals surface area contributed by atoms with Gasteiger partial charge < -0.3 is 14.9 Å². The largest absolute Gasteiger partial charge is 0.462 e. The summed E-state index contributed by atoms with van der Waals surface area (Å²) in [6.45, 7) is 2.10. The van der Waals surface area contributed by atoms with E-state index >= 15 is 0 Å². The Morgan fingerprint density at radius 2 is 1.90 bits per heavy atom. The van der Waals surface area contributed by atoms with E-state index in [0.717, 1.165) is 5.56 Å². The number of esters is 1. The zero-order valence-electron chi connectivity index (χ0n) is 11.5. The van der Waals surface area contributed by atoms with Gasteiger partial charge in [0.1, 0.15) is 11.5 Å². The molecule has 0 radical (unpaired) electrons. The normalized spacial score (nSPS) is 10.7. The highest BCUT2D eigenvalue weighted by Crippen LogP contribution is 2.23. The van der Waals surface area contributed by atoms with Crippen LogP contribution in [0.3, 0.4) is 0 Å². The molecule has 21 heavy (non-hydrogen) atoms. The molecule has 2 aromatic rings. The summed E-state index contributed by atoms with van der Waals surface area (Å²) in [6.07, 6.45) is 2.73. The van der Waals surface area contributed by atoms with Crippen molar-refractivity contribution in [1.82, 2.24) is 0 Å². The number of carbonyl (C=O) groups excluding carboxylic acids is 2. The average molecular weight is 285 g/mol. The van der Waals surface area contributed by atoms with Crippen molar-refractivity contribution in [2.45, 2.75) is 6.92 Å². The molecule has 5 nitrogen and oxygen atoms in total. The van der Waals surface area contributed by atoms with Gasteiger partial charge in [-0.05, 0) is 37.3 Å². The first-order valence-electron chi connectivity index (χ1n) is 6.45. The summed E-state index contributed by atoms with van der Waals surface area (Å²) in [4.78, 5) is 22.2. The van der Waals surface area contributed by atoms with E-state index in [1.54, 1.807) is 43.3 Å². The van der Waals surface area contributed by atoms with E-state index in [-0.39, 0.29) is 5.97 Å². The fourth-order valence-corrected chi connectivity index (χ4v) is 1.75. The first-order chi connectivity index (χ1) is 10.1. The Kier molecular flexibility index (Phi) is 4.56. The van der Waals surface area contributed by atoms with Gasteiger partial charge in [0.2, 0.25) is 5.91 Å². The van der Waals surface area contributed by atoms with Crippen molar-refractivity contribution in [3.05, 3.63) is 53.8 Å². The second-order valence-electron chi connectivity index (χ2n) is 4.24. The maximum absolute atomic E-state index is 11.5. The number of hydrogen-bond donors (Lipinski definition) is 1. The van der Waals surface area contributed by atoms with Gasteiger partial charge in [0, 0.05) is 11.6 Å². The summed E-state index contributed by atoms with van der Waals surface area (Å²) in [7, 11) is 0. The molecule has 0 unspecified atom stereocenters. The van der Waals surface area contributed by atoms with Gasteiger partial charge in [-0.3, -0.25) is 4.79 Å². The van der Waals surface area contributed by atoms with Crippen molar-refractivity contribution in [3.63, 3.8) is 0 Å². The molecule has 0 saturated heterocycles. The predicted octanol–water partition coefficient (Wildman–Crippen LogP) is 2.62. The number of benzene rings is 1. The molecule has 1 amide bonds. The topological polar surface area (TPSA) is 82.5 Å². The van der Waals surface area contributed by atoms with Crippen LogP contribution in [0.2, 0.25) is 0 Å². The highest BCUT2D eigenvalue weighted by atomic mass is 16.5. The molecular formula is C16H15NO4. The zero-order valence-corrected chi connectivity index (χ0v) is 11.5. The molecule has 0 atom stereocenters. The maximum Gasteiger partial charge on any atom is 0.338 e. The van der Waals surface area contributed by atoms with Gasteiger partial charge in [-0.1, -0.05) is 12.1 Å². The third kappa shape index (κ3) is 3.82. The Bertz CT molecular complexity index is 668. The zero-order chi connectivity index (χ0) is 15.2. The fourth-order valence-electron chi connectivity index (χ4n) is 1.75. The molecule has 108 valence electrons. The first kappa shape index (κ1) is 14.6. The Morgan fingerprint density at radius 1 is 1.19 bits per heavy atom. The van der Waals surface area contributed by atoms with Crippen molar-refractivity contribution in [3.8, 4) is 11.3 Å². The Balaban J connectivity index is 2.15. The van der Waals surface area contributed by atoms with Gasteiger partial charge in [0.15, 0.2) is 0 Å². The van der Waals surface area contributed by atoms with E-state index in [4.69, 9.17) is 14.9 Å². The quantitative estimate of drug-likeness (QED) is 0.676. The molecular weight excluding hydrogens is 270 g/mol. The van der Waals surface area contributed by atoms with Crippen LogP contribution in [0.25, 0.3) is 17.4 Å². The van der Waals surface area contributed by atoms with E-state index in [1.165, 1.54) is 12.2 Å². The predicted molar refractivity (Wildman–Crippen MR) is 78.3 cm³/mol. The first-order valence-corrected chi connectivity index (χ1v) is 6.45. The molecule has 0 aliphatic rings. The smallest absolute Gasteiger partial charge is 0.338 e. The van der Waals surface area contributed by atoms with Crippen LogP contribution in [0, 0.1) is 0 Å². The Morgan fingerprint density at radius 3 is 2.52 bits per heavy atom. The summed E-state index contributed by atoms with van der Waals surface area (Å²) in [5.74, 6) is 0.271. The Hall–Kier alpha value is -2.82. The number of amides is 1. The van der Waals surface area contributed by atoms with Crippen LogP contribution < -0.4 is 5.73 Å². The van der Waals surface area contributed by atoms with Gasteiger partial charge >= 0.3 is 5.97 Å². The van der Waals surface area contributed by atoms with Crippen LogP contribution in [0.4, 0.5) is 0 Å². The van der Waals surface area contributed by atoms with E-state index in [0.29, 0.717) is 23.7 Å². The van der Waals surface area contributed by atoms with Crippen LogP contribution in [0.15, 0.2) is 46.9 Å². The number of hydrogen-bond acceptors (Lipinski definition) is 4. The average Bonchev–Trinajstić information content (AvgIpc) is 2.94. The molecule has 0 bridgehead atoms. The second kappa shape index (κ2) is 6.56. The third-order valence-corrected chi connectivity index (χ3v) is 2.72. The molecule has 2 rings (SSSR count). The van der Waals surface area contributed by atoms with Gasteiger partial charge in [0.05, 0.1) is 12.2 Å². The van der Waals surface area contributed by atoms with Crippen molar-refractivity contribution in [2.24, 2.45) is 5.73 Å². The van der Waals surface area contributed by atoms with Crippen molar-refractivity contribution in [2.75, 3.05) is 6.61 Å². The number of furan rings is 1. The molecule has 0 aliphatic carbocycles. The maximum atomic E-state index is 11.5. The number of primary amides is 1. The van der Waals surface area contributed by atoms with Gasteiger partial charge in [-0.25, -0.2) is 4.79 Å². The van der Waals surface area contributed by atoms with E-state index in [2.05, 4.69) is 0 Å². The molecule has 0 spiro atoms. The summed E-state index contributed by atoms with van der Waals surface area (Å²) in [5.41, 5.74) is 6.32. The van der Waals surface area contributed by atoms with Crippen molar-refractivity contribution >= 4 is 18.0 Å². The van der Waals surface area contributed by atoms with Crippen LogP contribution >= 0.6 is 0 Å². The fraction of sp³-hybridized carbons (Fsp3) is 0.125. The minimum atomic E-state index is -0.535. The summed E-state index contributed by atoms with van der Waals surface area (Å²) < 4.78 is 10.5. The highest BCUT2D eigenvalue weighted by molar-refractivity contribution is 5.90. The molecule has 5 heteroatoms. The lowest BCUT2D eigenvalue weighted by Gasteiger charge is -2.02. The monoisotopic (exact) mass is 285 g/mol. The van der Waals surface area contributed by atoms with Gasteiger partial charge in [-0.2, -0.15) is 0 Å². The highest BCUT2D eigenvalue weighted by Gasteiger charge is 2.08. The van der Waals surface area contributed by atoms with Crippen molar-refractivity contribution < 1.29 is 18.7 Å². The molecule has 2 N–H and O–H groups in total. The molecule has 1 aromatic carbocycles. The lowest BCUT2D eigenvalue weighted by molar-refractivity contribution is -0.113. The van der Waals surface area contributed by atoms with Crippen molar-refractivity contribution in [1.29, 1.82) is 0 Å². The number of ether oxygens (including phenoxy) is 1. The molecule has 0 saturated carbocycles. The Labute approximate surface area is 122 Å². The van der Waals surface area contributed by atoms with Crippen LogP contribution in [0.1, 0.15) is 23.0 Å². The summed E-state index contributed by atoms with van der Waals surface area (Å²) in [6, 6.07) is 10.4. The minimum Gasteiger partial charge on any atom is -0.462 e. The second-order valence-corrected chi connectivity index (χ2v) is 4.24.